The molecule has 0 aromatic carbocycles. The Morgan fingerprint density at radius 2 is 1.82 bits per heavy atom. The minimum Gasteiger partial charge on any atom is -0.324 e. The molecule has 1 heterocycles. The van der Waals surface area contributed by atoms with Crippen LogP contribution >= 0.6 is 11.6 Å². The molecule has 0 aromatic heterocycles. The van der Waals surface area contributed by atoms with Crippen molar-refractivity contribution in [1.82, 2.24) is 10.2 Å². The zero-order chi connectivity index (χ0) is 13.1. The summed E-state index contributed by atoms with van der Waals surface area (Å²) in [5.74, 6) is -2.38. The Balaban J connectivity index is 2.42. The smallest absolute Gasteiger partial charge is 0.324 e. The van der Waals surface area contributed by atoms with E-state index in [1.54, 1.807) is 0 Å². The van der Waals surface area contributed by atoms with E-state index in [0.29, 0.717) is 0 Å². The third-order valence-corrected chi connectivity index (χ3v) is 2.86. The van der Waals surface area contributed by atoms with Crippen LogP contribution in [0.5, 0.6) is 0 Å². The maximum Gasteiger partial charge on any atom is 0.391 e. The van der Waals surface area contributed by atoms with Gasteiger partial charge in [-0.3, -0.25) is 10.1 Å². The van der Waals surface area contributed by atoms with E-state index in [4.69, 9.17) is 11.6 Å². The second-order valence-electron chi connectivity index (χ2n) is 3.79. The molecule has 0 unspecified atom stereocenters. The number of urea groups is 1. The van der Waals surface area contributed by atoms with Crippen LogP contribution in [0.2, 0.25) is 0 Å². The van der Waals surface area contributed by atoms with Crippen LogP contribution in [-0.4, -0.2) is 42.0 Å². The van der Waals surface area contributed by atoms with Gasteiger partial charge in [-0.05, 0) is 12.8 Å². The molecular weight excluding hydrogens is 261 g/mol. The molecule has 1 N–H and O–H groups in total. The van der Waals surface area contributed by atoms with Gasteiger partial charge in [0.05, 0.1) is 5.92 Å². The number of nitrogens with zero attached hydrogens (tertiary/aromatic N) is 1. The molecule has 8 heteroatoms. The Hall–Kier alpha value is -0.980. The van der Waals surface area contributed by atoms with Crippen molar-refractivity contribution in [3.05, 3.63) is 0 Å². The average Bonchev–Trinajstić information content (AvgIpc) is 2.27. The third kappa shape index (κ3) is 4.07. The van der Waals surface area contributed by atoms with Crippen molar-refractivity contribution in [1.29, 1.82) is 0 Å². The molecule has 17 heavy (non-hydrogen) atoms. The molecule has 1 aliphatic heterocycles. The number of carbonyl (C=O) groups is 2. The van der Waals surface area contributed by atoms with Crippen molar-refractivity contribution in [2.24, 2.45) is 5.92 Å². The molecule has 4 nitrogen and oxygen atoms in total. The molecule has 0 saturated carbocycles. The maximum atomic E-state index is 12.3. The first-order valence-corrected chi connectivity index (χ1v) is 5.59. The lowest BCUT2D eigenvalue weighted by Crippen LogP contribution is -2.48. The van der Waals surface area contributed by atoms with Gasteiger partial charge in [0, 0.05) is 13.1 Å². The quantitative estimate of drug-likeness (QED) is 0.739. The highest BCUT2D eigenvalue weighted by atomic mass is 35.5. The monoisotopic (exact) mass is 272 g/mol. The lowest BCUT2D eigenvalue weighted by Gasteiger charge is -2.32. The van der Waals surface area contributed by atoms with E-state index in [1.165, 1.54) is 4.90 Å². The Bertz CT molecular complexity index is 301. The van der Waals surface area contributed by atoms with Crippen molar-refractivity contribution < 1.29 is 22.8 Å². The second-order valence-corrected chi connectivity index (χ2v) is 4.06. The number of imide groups is 1. The van der Waals surface area contributed by atoms with Gasteiger partial charge in [-0.1, -0.05) is 0 Å². The highest BCUT2D eigenvalue weighted by molar-refractivity contribution is 6.28. The van der Waals surface area contributed by atoms with Crippen LogP contribution in [0.15, 0.2) is 0 Å². The maximum absolute atomic E-state index is 12.3. The molecule has 0 aliphatic carbocycles. The number of hydrogen-bond acceptors (Lipinski definition) is 2. The fraction of sp³-hybridized carbons (Fsp3) is 0.778. The standard InChI is InChI=1S/C9H12ClF3N2O2/c10-5-7(16)14-8(17)15-3-1-6(2-4-15)9(11,12)13/h6H,1-5H2,(H,14,16,17). The Labute approximate surface area is 101 Å². The summed E-state index contributed by atoms with van der Waals surface area (Å²) in [6.45, 7) is -0.0167. The van der Waals surface area contributed by atoms with Crippen LogP contribution in [0.25, 0.3) is 0 Å². The molecule has 1 fully saturated rings. The van der Waals surface area contributed by atoms with Crippen LogP contribution in [0.4, 0.5) is 18.0 Å². The fourth-order valence-corrected chi connectivity index (χ4v) is 1.71. The van der Waals surface area contributed by atoms with Crippen LogP contribution in [-0.2, 0) is 4.79 Å². The fourth-order valence-electron chi connectivity index (χ4n) is 1.64. The van der Waals surface area contributed by atoms with Gasteiger partial charge in [0.25, 0.3) is 0 Å². The predicted molar refractivity (Wildman–Crippen MR) is 54.6 cm³/mol. The van der Waals surface area contributed by atoms with Crippen molar-refractivity contribution in [3.63, 3.8) is 0 Å². The van der Waals surface area contributed by atoms with Gasteiger partial charge in [-0.2, -0.15) is 13.2 Å². The largest absolute Gasteiger partial charge is 0.391 e. The summed E-state index contributed by atoms with van der Waals surface area (Å²) in [6.07, 6.45) is -4.48. The van der Waals surface area contributed by atoms with Gasteiger partial charge in [-0.15, -0.1) is 11.6 Å². The summed E-state index contributed by atoms with van der Waals surface area (Å²) in [4.78, 5) is 23.4. The lowest BCUT2D eigenvalue weighted by molar-refractivity contribution is -0.183. The van der Waals surface area contributed by atoms with E-state index >= 15 is 0 Å². The second kappa shape index (κ2) is 5.57. The molecule has 1 aliphatic rings. The van der Waals surface area contributed by atoms with E-state index in [-0.39, 0.29) is 31.8 Å². The van der Waals surface area contributed by atoms with Crippen LogP contribution in [0.1, 0.15) is 12.8 Å². The number of alkyl halides is 4. The molecule has 0 atom stereocenters. The van der Waals surface area contributed by atoms with Gasteiger partial charge in [0.2, 0.25) is 5.91 Å². The van der Waals surface area contributed by atoms with E-state index in [1.807, 2.05) is 5.32 Å². The van der Waals surface area contributed by atoms with Crippen molar-refractivity contribution >= 4 is 23.5 Å². The number of hydrogen-bond donors (Lipinski definition) is 1. The van der Waals surface area contributed by atoms with Gasteiger partial charge in [0.1, 0.15) is 5.88 Å². The Morgan fingerprint density at radius 3 is 2.24 bits per heavy atom. The summed E-state index contributed by atoms with van der Waals surface area (Å²) in [6, 6.07) is -0.684. The molecule has 0 spiro atoms. The zero-order valence-electron chi connectivity index (χ0n) is 8.89. The summed E-state index contributed by atoms with van der Waals surface area (Å²) >= 11 is 5.19. The first kappa shape index (κ1) is 14.1. The molecule has 3 amide bonds. The van der Waals surface area contributed by atoms with Crippen LogP contribution in [0.3, 0.4) is 0 Å². The number of rotatable bonds is 1. The van der Waals surface area contributed by atoms with Crippen LogP contribution < -0.4 is 5.32 Å². The van der Waals surface area contributed by atoms with Crippen LogP contribution in [0, 0.1) is 5.92 Å². The first-order valence-electron chi connectivity index (χ1n) is 5.06. The minimum absolute atomic E-state index is 0.00836. The van der Waals surface area contributed by atoms with Crippen molar-refractivity contribution in [3.8, 4) is 0 Å². The average molecular weight is 273 g/mol. The summed E-state index contributed by atoms with van der Waals surface area (Å²) < 4.78 is 37.0. The summed E-state index contributed by atoms with van der Waals surface area (Å²) in [7, 11) is 0. The molecular formula is C9H12ClF3N2O2. The van der Waals surface area contributed by atoms with E-state index in [0.717, 1.165) is 0 Å². The molecule has 1 saturated heterocycles. The summed E-state index contributed by atoms with van der Waals surface area (Å²) in [5.41, 5.74) is 0. The van der Waals surface area contributed by atoms with Gasteiger partial charge >= 0.3 is 12.2 Å². The lowest BCUT2D eigenvalue weighted by atomic mass is 9.96. The first-order chi connectivity index (χ1) is 7.84. The number of likely N-dealkylation sites (tertiary alicyclic amines) is 1. The molecule has 98 valence electrons. The number of nitrogens with one attached hydrogen (secondary N) is 1. The van der Waals surface area contributed by atoms with Gasteiger partial charge in [0.15, 0.2) is 0 Å². The van der Waals surface area contributed by atoms with Gasteiger partial charge < -0.3 is 4.90 Å². The number of piperidine rings is 1. The van der Waals surface area contributed by atoms with Crippen molar-refractivity contribution in [2.75, 3.05) is 19.0 Å². The number of carbonyl (C=O) groups excluding carboxylic acids is 2. The van der Waals surface area contributed by atoms with E-state index in [2.05, 4.69) is 0 Å². The predicted octanol–water partition coefficient (Wildman–Crippen LogP) is 1.74. The highest BCUT2D eigenvalue weighted by Crippen LogP contribution is 2.33. The number of amides is 3. The third-order valence-electron chi connectivity index (χ3n) is 2.61. The minimum atomic E-state index is -4.21. The molecule has 0 bridgehead atoms. The molecule has 0 aromatic rings. The highest BCUT2D eigenvalue weighted by Gasteiger charge is 2.41. The van der Waals surface area contributed by atoms with E-state index < -0.39 is 24.0 Å². The van der Waals surface area contributed by atoms with Gasteiger partial charge in [-0.25, -0.2) is 4.79 Å². The normalized spacial score (nSPS) is 18.0. The Kier molecular flexibility index (Phi) is 4.62. The summed E-state index contributed by atoms with van der Waals surface area (Å²) in [5, 5.41) is 1.99. The molecule has 1 rings (SSSR count). The topological polar surface area (TPSA) is 49.4 Å². The van der Waals surface area contributed by atoms with Crippen molar-refractivity contribution in [2.45, 2.75) is 19.0 Å². The Morgan fingerprint density at radius 1 is 1.29 bits per heavy atom. The number of halogens is 4. The zero-order valence-corrected chi connectivity index (χ0v) is 9.64. The van der Waals surface area contributed by atoms with E-state index in [9.17, 15) is 22.8 Å². The molecule has 0 radical (unpaired) electrons. The SMILES string of the molecule is O=C(CCl)NC(=O)N1CCC(C(F)(F)F)CC1.